The topological polar surface area (TPSA) is 307 Å². The summed E-state index contributed by atoms with van der Waals surface area (Å²) < 4.78 is 34.5. The van der Waals surface area contributed by atoms with Gasteiger partial charge in [-0.05, 0) is 77.0 Å². The van der Waals surface area contributed by atoms with Crippen LogP contribution in [0.5, 0.6) is 0 Å². The largest absolute Gasteiger partial charge is 0.394 e. The lowest BCUT2D eigenvalue weighted by Gasteiger charge is -2.48. The molecule has 3 aliphatic heterocycles. The van der Waals surface area contributed by atoms with Crippen molar-refractivity contribution in [2.45, 2.75) is 478 Å². The van der Waals surface area contributed by atoms with Crippen LogP contribution in [0.2, 0.25) is 0 Å². The SMILES string of the molecule is CCCCCCC/C=C\C/C=C\CCCCCCCCCCCCCCCCCCCCCCCCCCCCCC(=O)NC(COC1OC(CO)C(OC2OC(CO)C(OC3OC(CO)C(O)C(O)C3O)C(O)C2O)C(O)C1O)C(O)/C=C/CC/C=C/CC/C=C/CCCCCCCCCCCCCCCCC. The molecule has 19 nitrogen and oxygen atoms in total. The zero-order chi connectivity index (χ0) is 78.8. The third kappa shape index (κ3) is 48.6. The number of carbonyl (C=O) groups is 1. The highest BCUT2D eigenvalue weighted by Crippen LogP contribution is 2.34. The summed E-state index contributed by atoms with van der Waals surface area (Å²) in [5, 5.41) is 121. The van der Waals surface area contributed by atoms with Gasteiger partial charge in [0.05, 0.1) is 38.6 Å². The molecule has 0 spiro atoms. The predicted molar refractivity (Wildman–Crippen MR) is 439 cm³/mol. The van der Waals surface area contributed by atoms with E-state index in [2.05, 4.69) is 67.8 Å². The van der Waals surface area contributed by atoms with E-state index >= 15 is 0 Å². The maximum Gasteiger partial charge on any atom is 0.220 e. The molecule has 3 rings (SSSR count). The summed E-state index contributed by atoms with van der Waals surface area (Å²) >= 11 is 0. The Morgan fingerprint density at radius 3 is 0.972 bits per heavy atom. The highest BCUT2D eigenvalue weighted by Gasteiger charge is 2.54. The molecule has 17 unspecified atom stereocenters. The number of nitrogens with one attached hydrogen (secondary N) is 1. The minimum Gasteiger partial charge on any atom is -0.394 e. The monoisotopic (exact) mass is 1550 g/mol. The first-order valence-corrected chi connectivity index (χ1v) is 45.0. The van der Waals surface area contributed by atoms with Crippen molar-refractivity contribution in [2.24, 2.45) is 0 Å². The normalized spacial score (nSPS) is 25.5. The van der Waals surface area contributed by atoms with E-state index in [4.69, 9.17) is 28.4 Å². The second kappa shape index (κ2) is 69.8. The molecule has 0 aliphatic carbocycles. The number of amides is 1. The summed E-state index contributed by atoms with van der Waals surface area (Å²) in [6.07, 6.45) is 65.3. The van der Waals surface area contributed by atoms with Crippen molar-refractivity contribution in [1.82, 2.24) is 5.32 Å². The number of ether oxygens (including phenoxy) is 6. The smallest absolute Gasteiger partial charge is 0.220 e. The Labute approximate surface area is 662 Å². The summed E-state index contributed by atoms with van der Waals surface area (Å²) in [6.45, 7) is 1.75. The number of unbranched alkanes of at least 4 members (excludes halogenated alkanes) is 49. The minimum absolute atomic E-state index is 0.235. The van der Waals surface area contributed by atoms with E-state index < -0.39 is 124 Å². The first-order chi connectivity index (χ1) is 53.3. The fourth-order valence-corrected chi connectivity index (χ4v) is 15.1. The first-order valence-electron chi connectivity index (χ1n) is 45.0. The van der Waals surface area contributed by atoms with Gasteiger partial charge < -0.3 is 89.9 Å². The Morgan fingerprint density at radius 2 is 0.615 bits per heavy atom. The first kappa shape index (κ1) is 101. The average Bonchev–Trinajstić information content (AvgIpc) is 0.759. The van der Waals surface area contributed by atoms with E-state index in [0.29, 0.717) is 12.8 Å². The van der Waals surface area contributed by atoms with Gasteiger partial charge in [0.25, 0.3) is 0 Å². The van der Waals surface area contributed by atoms with E-state index in [0.717, 1.165) is 51.4 Å². The highest BCUT2D eigenvalue weighted by atomic mass is 16.8. The van der Waals surface area contributed by atoms with Crippen LogP contribution in [-0.4, -0.2) is 193 Å². The molecule has 19 heteroatoms. The van der Waals surface area contributed by atoms with Crippen LogP contribution in [0.1, 0.15) is 373 Å². The molecule has 3 saturated heterocycles. The number of aliphatic hydroxyl groups excluding tert-OH is 11. The molecular weight excluding hydrogens is 1380 g/mol. The van der Waals surface area contributed by atoms with Crippen molar-refractivity contribution in [1.29, 1.82) is 0 Å². The van der Waals surface area contributed by atoms with E-state index in [1.165, 1.54) is 289 Å². The van der Waals surface area contributed by atoms with Gasteiger partial charge in [-0.1, -0.05) is 351 Å². The van der Waals surface area contributed by atoms with Gasteiger partial charge in [0.15, 0.2) is 18.9 Å². The Balaban J connectivity index is 1.32. The van der Waals surface area contributed by atoms with Crippen molar-refractivity contribution in [2.75, 3.05) is 26.4 Å². The molecule has 3 aliphatic rings. The fraction of sp³-hybridized carbons (Fsp3) is 0.878. The van der Waals surface area contributed by atoms with Gasteiger partial charge in [-0.3, -0.25) is 4.79 Å². The third-order valence-corrected chi connectivity index (χ3v) is 22.3. The van der Waals surface area contributed by atoms with Crippen LogP contribution in [0, 0.1) is 0 Å². The molecule has 109 heavy (non-hydrogen) atoms. The summed E-state index contributed by atoms with van der Waals surface area (Å²) in [4.78, 5) is 13.5. The second-order valence-corrected chi connectivity index (χ2v) is 32.0. The maximum atomic E-state index is 13.5. The second-order valence-electron chi connectivity index (χ2n) is 32.0. The molecule has 12 N–H and O–H groups in total. The van der Waals surface area contributed by atoms with E-state index in [1.807, 2.05) is 6.08 Å². The van der Waals surface area contributed by atoms with Gasteiger partial charge in [0.1, 0.15) is 73.2 Å². The van der Waals surface area contributed by atoms with Crippen LogP contribution in [0.15, 0.2) is 60.8 Å². The van der Waals surface area contributed by atoms with Gasteiger partial charge >= 0.3 is 0 Å². The van der Waals surface area contributed by atoms with Crippen LogP contribution in [0.3, 0.4) is 0 Å². The lowest BCUT2D eigenvalue weighted by atomic mass is 9.96. The van der Waals surface area contributed by atoms with Gasteiger partial charge in [-0.2, -0.15) is 0 Å². The number of carbonyl (C=O) groups excluding carboxylic acids is 1. The molecule has 0 aromatic rings. The number of rotatable bonds is 73. The van der Waals surface area contributed by atoms with Gasteiger partial charge in [0, 0.05) is 6.42 Å². The van der Waals surface area contributed by atoms with Gasteiger partial charge in [-0.15, -0.1) is 0 Å². The maximum absolute atomic E-state index is 13.5. The quantitative estimate of drug-likeness (QED) is 0.0199. The number of aliphatic hydroxyl groups is 11. The molecule has 0 aromatic carbocycles. The van der Waals surface area contributed by atoms with Crippen molar-refractivity contribution in [3.8, 4) is 0 Å². The van der Waals surface area contributed by atoms with Crippen LogP contribution in [-0.2, 0) is 33.2 Å². The van der Waals surface area contributed by atoms with Crippen molar-refractivity contribution < 1.29 is 89.4 Å². The molecule has 3 heterocycles. The summed E-state index contributed by atoms with van der Waals surface area (Å²) in [7, 11) is 0. The van der Waals surface area contributed by atoms with Crippen LogP contribution in [0.4, 0.5) is 0 Å². The zero-order valence-corrected chi connectivity index (χ0v) is 68.8. The number of allylic oxidation sites excluding steroid dienone is 9. The Bertz CT molecular complexity index is 2200. The Hall–Kier alpha value is -2.51. The standard InChI is InChI=1S/C90H165NO18/c1-3-5-7-9-11-13-15-17-19-21-23-25-27-29-30-31-32-33-34-35-36-37-38-39-40-41-42-44-46-48-50-52-54-56-58-60-62-64-66-68-78(96)91-73(74(95)67-65-63-61-59-57-55-53-51-49-47-45-43-28-26-24-22-20-18-16-14-12-10-8-6-4-2)72-104-88-84(102)81(99)86(76(70-93)106-88)109-90-85(103)82(100)87(77(71-94)107-90)108-89-83(101)80(98)79(97)75(69-92)105-89/h15,17,21,23,49,51,57,59,65,67,73-77,79-90,92-95,97-103H,3-14,16,18-20,22,24-48,50,52-56,58,60-64,66,68-72H2,1-2H3,(H,91,96)/b17-15-,23-21-,51-49+,59-57+,67-65+. The molecule has 1 amide bonds. The lowest BCUT2D eigenvalue weighted by Crippen LogP contribution is -2.66. The van der Waals surface area contributed by atoms with Gasteiger partial charge in [0.2, 0.25) is 5.91 Å². The fourth-order valence-electron chi connectivity index (χ4n) is 15.1. The minimum atomic E-state index is -1.98. The Morgan fingerprint density at radius 1 is 0.330 bits per heavy atom. The molecule has 17 atom stereocenters. The van der Waals surface area contributed by atoms with E-state index in [1.54, 1.807) is 6.08 Å². The molecule has 0 bridgehead atoms. The van der Waals surface area contributed by atoms with Crippen molar-refractivity contribution in [3.63, 3.8) is 0 Å². The molecular formula is C90H165NO18. The van der Waals surface area contributed by atoms with Crippen molar-refractivity contribution in [3.05, 3.63) is 60.8 Å². The summed E-state index contributed by atoms with van der Waals surface area (Å²) in [6, 6.07) is -0.998. The van der Waals surface area contributed by atoms with E-state index in [-0.39, 0.29) is 18.9 Å². The summed E-state index contributed by atoms with van der Waals surface area (Å²) in [5.74, 6) is -0.283. The zero-order valence-electron chi connectivity index (χ0n) is 68.8. The van der Waals surface area contributed by atoms with Crippen LogP contribution >= 0.6 is 0 Å². The van der Waals surface area contributed by atoms with Crippen LogP contribution in [0.25, 0.3) is 0 Å². The molecule has 0 aromatic heterocycles. The van der Waals surface area contributed by atoms with Gasteiger partial charge in [-0.25, -0.2) is 0 Å². The van der Waals surface area contributed by atoms with Crippen molar-refractivity contribution >= 4 is 5.91 Å². The molecule has 638 valence electrons. The Kier molecular flexibility index (Phi) is 64.4. The van der Waals surface area contributed by atoms with Crippen LogP contribution < -0.4 is 5.32 Å². The molecule has 0 saturated carbocycles. The predicted octanol–water partition coefficient (Wildman–Crippen LogP) is 17.0. The number of hydrogen-bond acceptors (Lipinski definition) is 18. The third-order valence-electron chi connectivity index (χ3n) is 22.3. The average molecular weight is 1550 g/mol. The van der Waals surface area contributed by atoms with E-state index in [9.17, 15) is 61.0 Å². The molecule has 0 radical (unpaired) electrons. The molecule has 3 fully saturated rings. The number of hydrogen-bond donors (Lipinski definition) is 12. The lowest BCUT2D eigenvalue weighted by molar-refractivity contribution is -0.379. The highest BCUT2D eigenvalue weighted by molar-refractivity contribution is 5.76. The summed E-state index contributed by atoms with van der Waals surface area (Å²) in [5.41, 5.74) is 0.